The standard InChI is InChI=1S/C41H49N3O8S/c1-29-14-12-13-17-31(29)27-43(36(24-30-15-8-6-9-16-30)41(46)42-32-18-10-7-11-19-32)40(45)28-44(35-25-33(49-2)20-22-37(35)50-3)53(47,48)34-21-23-38(51-4)39(26-34)52-5/h6,8-9,12-17,20-23,25-26,32,36H,7,10-11,18-19,24,27-28H2,1-5H3,(H,42,46)/t36-/m0/s1. The van der Waals surface area contributed by atoms with Crippen molar-refractivity contribution < 1.29 is 37.0 Å². The first-order valence-corrected chi connectivity index (χ1v) is 19.2. The lowest BCUT2D eigenvalue weighted by atomic mass is 9.94. The number of methoxy groups -OCH3 is 4. The summed E-state index contributed by atoms with van der Waals surface area (Å²) in [4.78, 5) is 30.8. The molecule has 1 saturated carbocycles. The first-order chi connectivity index (χ1) is 25.6. The van der Waals surface area contributed by atoms with E-state index in [0.29, 0.717) is 11.5 Å². The Morgan fingerprint density at radius 2 is 1.43 bits per heavy atom. The van der Waals surface area contributed by atoms with Crippen LogP contribution in [0.15, 0.2) is 95.9 Å². The van der Waals surface area contributed by atoms with Crippen LogP contribution in [0, 0.1) is 6.92 Å². The maximum absolute atomic E-state index is 15.0. The Hall–Kier alpha value is -5.23. The van der Waals surface area contributed by atoms with Crippen molar-refractivity contribution >= 4 is 27.5 Å². The molecule has 0 spiro atoms. The topological polar surface area (TPSA) is 124 Å². The van der Waals surface area contributed by atoms with Crippen LogP contribution in [0.4, 0.5) is 5.69 Å². The van der Waals surface area contributed by atoms with Gasteiger partial charge >= 0.3 is 0 Å². The number of anilines is 1. The number of rotatable bonds is 16. The molecule has 4 aromatic rings. The Balaban J connectivity index is 1.64. The Bertz CT molecular complexity index is 1970. The zero-order valence-electron chi connectivity index (χ0n) is 31.0. The van der Waals surface area contributed by atoms with Gasteiger partial charge in [0, 0.05) is 31.1 Å². The molecule has 12 heteroatoms. The molecule has 11 nitrogen and oxygen atoms in total. The SMILES string of the molecule is COc1ccc(OC)c(N(CC(=O)N(Cc2ccccc2C)[C@@H](Cc2ccccc2)C(=O)NC2CCCCC2)S(=O)(=O)c2ccc(OC)c(OC)c2)c1. The van der Waals surface area contributed by atoms with E-state index in [-0.39, 0.29) is 47.0 Å². The van der Waals surface area contributed by atoms with Crippen molar-refractivity contribution in [2.24, 2.45) is 0 Å². The van der Waals surface area contributed by atoms with E-state index in [2.05, 4.69) is 5.32 Å². The van der Waals surface area contributed by atoms with Gasteiger partial charge in [-0.15, -0.1) is 0 Å². The number of carbonyl (C=O) groups is 2. The maximum Gasteiger partial charge on any atom is 0.265 e. The molecular formula is C41H49N3O8S. The van der Waals surface area contributed by atoms with Crippen LogP contribution in [0.1, 0.15) is 48.8 Å². The van der Waals surface area contributed by atoms with Gasteiger partial charge in [0.2, 0.25) is 11.8 Å². The molecule has 0 heterocycles. The van der Waals surface area contributed by atoms with Crippen LogP contribution < -0.4 is 28.6 Å². The molecule has 1 aliphatic rings. The van der Waals surface area contributed by atoms with Gasteiger partial charge in [0.05, 0.1) is 39.0 Å². The fourth-order valence-corrected chi connectivity index (χ4v) is 8.11. The molecule has 0 aliphatic heterocycles. The molecule has 5 rings (SSSR count). The van der Waals surface area contributed by atoms with Gasteiger partial charge in [-0.25, -0.2) is 8.42 Å². The van der Waals surface area contributed by atoms with Crippen LogP contribution in [0.25, 0.3) is 0 Å². The highest BCUT2D eigenvalue weighted by Crippen LogP contribution is 2.38. The summed E-state index contributed by atoms with van der Waals surface area (Å²) >= 11 is 0. The molecule has 0 saturated heterocycles. The molecule has 0 unspecified atom stereocenters. The molecule has 0 aromatic heterocycles. The van der Waals surface area contributed by atoms with E-state index in [1.165, 1.54) is 57.6 Å². The van der Waals surface area contributed by atoms with E-state index in [0.717, 1.165) is 53.1 Å². The maximum atomic E-state index is 15.0. The average molecular weight is 744 g/mol. The van der Waals surface area contributed by atoms with Gasteiger partial charge in [0.15, 0.2) is 11.5 Å². The summed E-state index contributed by atoms with van der Waals surface area (Å²) in [6.45, 7) is 1.36. The number of nitrogens with one attached hydrogen (secondary N) is 1. The molecule has 1 N–H and O–H groups in total. The molecule has 0 radical (unpaired) electrons. The van der Waals surface area contributed by atoms with Crippen molar-refractivity contribution in [3.05, 3.63) is 108 Å². The summed E-state index contributed by atoms with van der Waals surface area (Å²) in [5.41, 5.74) is 2.71. The number of nitrogens with zero attached hydrogens (tertiary/aromatic N) is 2. The molecular weight excluding hydrogens is 695 g/mol. The Kier molecular flexibility index (Phi) is 13.2. The lowest BCUT2D eigenvalue weighted by Crippen LogP contribution is -2.55. The van der Waals surface area contributed by atoms with E-state index in [4.69, 9.17) is 18.9 Å². The molecule has 4 aromatic carbocycles. The fourth-order valence-electron chi connectivity index (χ4n) is 6.68. The van der Waals surface area contributed by atoms with Crippen molar-refractivity contribution in [2.45, 2.75) is 69.0 Å². The number of benzene rings is 4. The third-order valence-electron chi connectivity index (χ3n) is 9.70. The summed E-state index contributed by atoms with van der Waals surface area (Å²) < 4.78 is 52.5. The quantitative estimate of drug-likeness (QED) is 0.142. The predicted octanol–water partition coefficient (Wildman–Crippen LogP) is 6.31. The molecule has 1 atom stereocenters. The largest absolute Gasteiger partial charge is 0.497 e. The minimum absolute atomic E-state index is 0.00656. The van der Waals surface area contributed by atoms with E-state index in [9.17, 15) is 13.2 Å². The van der Waals surface area contributed by atoms with Crippen molar-refractivity contribution in [1.29, 1.82) is 0 Å². The second kappa shape index (κ2) is 18.0. The smallest absolute Gasteiger partial charge is 0.265 e. The van der Waals surface area contributed by atoms with Crippen LogP contribution in [0.2, 0.25) is 0 Å². The van der Waals surface area contributed by atoms with Gasteiger partial charge in [-0.2, -0.15) is 0 Å². The molecule has 1 fully saturated rings. The molecule has 2 amide bonds. The number of carbonyl (C=O) groups excluding carboxylic acids is 2. The van der Waals surface area contributed by atoms with Crippen LogP contribution in [0.3, 0.4) is 0 Å². The molecule has 1 aliphatic carbocycles. The van der Waals surface area contributed by atoms with Crippen LogP contribution >= 0.6 is 0 Å². The fraction of sp³-hybridized carbons (Fsp3) is 0.366. The van der Waals surface area contributed by atoms with Crippen molar-refractivity contribution in [3.8, 4) is 23.0 Å². The Morgan fingerprint density at radius 1 is 0.774 bits per heavy atom. The number of aryl methyl sites for hydroxylation is 1. The Morgan fingerprint density at radius 3 is 2.09 bits per heavy atom. The first-order valence-electron chi connectivity index (χ1n) is 17.7. The van der Waals surface area contributed by atoms with Crippen molar-refractivity contribution in [3.63, 3.8) is 0 Å². The van der Waals surface area contributed by atoms with Crippen LogP contribution in [0.5, 0.6) is 23.0 Å². The lowest BCUT2D eigenvalue weighted by molar-refractivity contribution is -0.140. The molecule has 282 valence electrons. The lowest BCUT2D eigenvalue weighted by Gasteiger charge is -2.35. The van der Waals surface area contributed by atoms with Crippen LogP contribution in [-0.2, 0) is 32.6 Å². The van der Waals surface area contributed by atoms with E-state index >= 15 is 4.79 Å². The second-order valence-electron chi connectivity index (χ2n) is 13.1. The van der Waals surface area contributed by atoms with Gasteiger partial charge in [0.25, 0.3) is 10.0 Å². The highest BCUT2D eigenvalue weighted by Gasteiger charge is 2.37. The third-order valence-corrected chi connectivity index (χ3v) is 11.5. The van der Waals surface area contributed by atoms with Gasteiger partial charge < -0.3 is 29.2 Å². The summed E-state index contributed by atoms with van der Waals surface area (Å²) in [6, 6.07) is 25.2. The number of amides is 2. The van der Waals surface area contributed by atoms with Gasteiger partial charge in [-0.05, 0) is 60.7 Å². The number of ether oxygens (including phenoxy) is 4. The van der Waals surface area contributed by atoms with E-state index in [1.807, 2.05) is 61.5 Å². The van der Waals surface area contributed by atoms with Crippen molar-refractivity contribution in [1.82, 2.24) is 10.2 Å². The zero-order chi connectivity index (χ0) is 38.0. The predicted molar refractivity (Wildman–Crippen MR) is 204 cm³/mol. The van der Waals surface area contributed by atoms with Gasteiger partial charge in [-0.3, -0.25) is 13.9 Å². The number of sulfonamides is 1. The summed E-state index contributed by atoms with van der Waals surface area (Å²) in [7, 11) is 1.26. The highest BCUT2D eigenvalue weighted by atomic mass is 32.2. The summed E-state index contributed by atoms with van der Waals surface area (Å²) in [6.07, 6.45) is 5.11. The summed E-state index contributed by atoms with van der Waals surface area (Å²) in [5.74, 6) is 0.222. The average Bonchev–Trinajstić information content (AvgIpc) is 3.18. The monoisotopic (exact) mass is 743 g/mol. The minimum atomic E-state index is -4.49. The Labute approximate surface area is 312 Å². The third kappa shape index (κ3) is 9.42. The van der Waals surface area contributed by atoms with Gasteiger partial charge in [-0.1, -0.05) is 73.9 Å². The van der Waals surface area contributed by atoms with E-state index in [1.54, 1.807) is 12.1 Å². The highest BCUT2D eigenvalue weighted by molar-refractivity contribution is 7.92. The number of hydrogen-bond acceptors (Lipinski definition) is 8. The van der Waals surface area contributed by atoms with Gasteiger partial charge in [0.1, 0.15) is 24.1 Å². The minimum Gasteiger partial charge on any atom is -0.497 e. The molecule has 53 heavy (non-hydrogen) atoms. The molecule has 0 bridgehead atoms. The van der Waals surface area contributed by atoms with E-state index < -0.39 is 28.5 Å². The van der Waals surface area contributed by atoms with Crippen LogP contribution in [-0.4, -0.2) is 72.2 Å². The number of hydrogen-bond donors (Lipinski definition) is 1. The summed E-state index contributed by atoms with van der Waals surface area (Å²) in [5, 5.41) is 3.25. The second-order valence-corrected chi connectivity index (χ2v) is 14.9. The zero-order valence-corrected chi connectivity index (χ0v) is 31.9. The van der Waals surface area contributed by atoms with Crippen molar-refractivity contribution in [2.75, 3.05) is 39.3 Å². The first kappa shape index (κ1) is 39.0. The normalized spacial score (nSPS) is 13.8.